The van der Waals surface area contributed by atoms with Crippen molar-refractivity contribution >= 4 is 34.6 Å². The van der Waals surface area contributed by atoms with E-state index in [9.17, 15) is 22.4 Å². The Morgan fingerprint density at radius 2 is 1.95 bits per heavy atom. The van der Waals surface area contributed by atoms with Crippen LogP contribution < -0.4 is 25.3 Å². The Morgan fingerprint density at radius 3 is 2.66 bits per heavy atom. The molecule has 2 aromatic carbocycles. The van der Waals surface area contributed by atoms with E-state index in [4.69, 9.17) is 9.57 Å². The average molecular weight is 616 g/mol. The Morgan fingerprint density at radius 1 is 1.16 bits per heavy atom. The Hall–Kier alpha value is -4.43. The summed E-state index contributed by atoms with van der Waals surface area (Å²) in [6.07, 6.45) is -2.00. The maximum atomic E-state index is 13.9. The second kappa shape index (κ2) is 12.7. The lowest BCUT2D eigenvalue weighted by Gasteiger charge is -2.39. The highest BCUT2D eigenvalue weighted by Crippen LogP contribution is 2.41. The van der Waals surface area contributed by atoms with E-state index in [1.54, 1.807) is 12.1 Å². The molecule has 5 rings (SSSR count). The van der Waals surface area contributed by atoms with Crippen LogP contribution in [0.15, 0.2) is 55.4 Å². The molecule has 10 nitrogen and oxygen atoms in total. The van der Waals surface area contributed by atoms with Crippen LogP contribution in [0.4, 0.5) is 46.3 Å². The van der Waals surface area contributed by atoms with Crippen molar-refractivity contribution in [1.29, 1.82) is 0 Å². The molecule has 2 aliphatic rings. The Bertz CT molecular complexity index is 1540. The van der Waals surface area contributed by atoms with Crippen molar-refractivity contribution in [2.24, 2.45) is 0 Å². The second-order valence-electron chi connectivity index (χ2n) is 10.6. The number of carbonyl (C=O) groups excluding carboxylic acids is 1. The third kappa shape index (κ3) is 6.55. The molecule has 2 unspecified atom stereocenters. The number of halogens is 4. The zero-order valence-corrected chi connectivity index (χ0v) is 24.5. The number of hydroxylamine groups is 1. The number of carbonyl (C=O) groups is 1. The van der Waals surface area contributed by atoms with Crippen LogP contribution in [0.2, 0.25) is 0 Å². The molecule has 44 heavy (non-hydrogen) atoms. The van der Waals surface area contributed by atoms with Crippen molar-refractivity contribution in [1.82, 2.24) is 14.9 Å². The summed E-state index contributed by atoms with van der Waals surface area (Å²) in [4.78, 5) is 31.1. The van der Waals surface area contributed by atoms with E-state index in [1.807, 2.05) is 6.07 Å². The fourth-order valence-electron chi connectivity index (χ4n) is 5.29. The molecule has 234 valence electrons. The summed E-state index contributed by atoms with van der Waals surface area (Å²) in [7, 11) is 3.60. The Labute approximate surface area is 252 Å². The minimum absolute atomic E-state index is 0.225. The highest BCUT2D eigenvalue weighted by Gasteiger charge is 2.37. The van der Waals surface area contributed by atoms with Gasteiger partial charge >= 0.3 is 6.18 Å². The predicted molar refractivity (Wildman–Crippen MR) is 159 cm³/mol. The van der Waals surface area contributed by atoms with E-state index in [0.717, 1.165) is 37.5 Å². The van der Waals surface area contributed by atoms with E-state index >= 15 is 0 Å². The molecule has 2 saturated heterocycles. The third-order valence-electron chi connectivity index (χ3n) is 7.79. The van der Waals surface area contributed by atoms with Crippen LogP contribution >= 0.6 is 0 Å². The van der Waals surface area contributed by atoms with E-state index < -0.39 is 23.6 Å². The molecule has 14 heteroatoms. The van der Waals surface area contributed by atoms with Crippen molar-refractivity contribution in [2.75, 3.05) is 61.0 Å². The molecular weight excluding hydrogens is 582 g/mol. The molecule has 0 saturated carbocycles. The van der Waals surface area contributed by atoms with Gasteiger partial charge < -0.3 is 25.2 Å². The Kier molecular flexibility index (Phi) is 8.92. The number of nitrogens with zero attached hydrogens (tertiary/aromatic N) is 5. The van der Waals surface area contributed by atoms with Gasteiger partial charge in [0.15, 0.2) is 5.82 Å². The molecular formula is C30H33F4N7O3. The molecule has 1 amide bonds. The normalized spacial score (nSPS) is 19.2. The zero-order chi connectivity index (χ0) is 31.6. The lowest BCUT2D eigenvalue weighted by atomic mass is 10.0. The van der Waals surface area contributed by atoms with Gasteiger partial charge in [0.1, 0.15) is 23.7 Å². The van der Waals surface area contributed by atoms with Crippen molar-refractivity contribution in [3.63, 3.8) is 0 Å². The first-order valence-electron chi connectivity index (χ1n) is 14.0. The van der Waals surface area contributed by atoms with Gasteiger partial charge in [0, 0.05) is 44.2 Å². The molecule has 3 aromatic rings. The number of anilines is 5. The number of ether oxygens (including phenoxy) is 1. The van der Waals surface area contributed by atoms with Crippen LogP contribution in [0, 0.1) is 5.82 Å². The van der Waals surface area contributed by atoms with Crippen molar-refractivity contribution in [3.05, 3.63) is 72.3 Å². The van der Waals surface area contributed by atoms with Crippen LogP contribution in [0.1, 0.15) is 30.5 Å². The zero-order valence-electron chi connectivity index (χ0n) is 24.5. The minimum Gasteiger partial charge on any atom is -0.494 e. The number of hydrogen-bond acceptors (Lipinski definition) is 9. The molecule has 2 fully saturated rings. The van der Waals surface area contributed by atoms with Gasteiger partial charge in [-0.05, 0) is 43.8 Å². The quantitative estimate of drug-likeness (QED) is 0.251. The fourth-order valence-corrected chi connectivity index (χ4v) is 5.29. The first kappa shape index (κ1) is 31.0. The van der Waals surface area contributed by atoms with E-state index in [0.29, 0.717) is 35.4 Å². The van der Waals surface area contributed by atoms with E-state index in [2.05, 4.69) is 51.0 Å². The number of piperazine rings is 1. The van der Waals surface area contributed by atoms with Gasteiger partial charge in [-0.1, -0.05) is 12.6 Å². The van der Waals surface area contributed by atoms with Crippen LogP contribution in [0.3, 0.4) is 0 Å². The SMILES string of the molecule is C=CC(=O)Nc1cc(Nc2cc(N3OCCC3c3ccc(F)c(C(F)(F)F)c3)ncn2)c(OC)cc1N1CCN(C)C(C)C1. The molecule has 0 radical (unpaired) electrons. The van der Waals surface area contributed by atoms with Crippen molar-refractivity contribution in [2.45, 2.75) is 31.6 Å². The number of benzene rings is 2. The summed E-state index contributed by atoms with van der Waals surface area (Å²) in [5.41, 5.74) is 0.727. The molecule has 0 aliphatic carbocycles. The number of amides is 1. The van der Waals surface area contributed by atoms with Gasteiger partial charge in [0.25, 0.3) is 0 Å². The monoisotopic (exact) mass is 615 g/mol. The molecule has 2 aliphatic heterocycles. The van der Waals surface area contributed by atoms with Crippen molar-refractivity contribution < 1.29 is 31.9 Å². The summed E-state index contributed by atoms with van der Waals surface area (Å²) < 4.78 is 59.8. The lowest BCUT2D eigenvalue weighted by Crippen LogP contribution is -2.50. The van der Waals surface area contributed by atoms with Crippen LogP contribution in [-0.4, -0.2) is 67.2 Å². The highest BCUT2D eigenvalue weighted by atomic mass is 19.4. The largest absolute Gasteiger partial charge is 0.494 e. The second-order valence-corrected chi connectivity index (χ2v) is 10.6. The van der Waals surface area contributed by atoms with Crippen LogP contribution in [0.5, 0.6) is 5.75 Å². The summed E-state index contributed by atoms with van der Waals surface area (Å²) in [5.74, 6) is -0.610. The summed E-state index contributed by atoms with van der Waals surface area (Å²) in [6.45, 7) is 8.26. The third-order valence-corrected chi connectivity index (χ3v) is 7.79. The number of likely N-dealkylation sites (N-methyl/N-ethyl adjacent to an activating group) is 1. The molecule has 0 spiro atoms. The maximum absolute atomic E-state index is 13.9. The maximum Gasteiger partial charge on any atom is 0.419 e. The summed E-state index contributed by atoms with van der Waals surface area (Å²) in [6, 6.07) is 7.73. The van der Waals surface area contributed by atoms with Gasteiger partial charge in [-0.3, -0.25) is 9.63 Å². The minimum atomic E-state index is -4.84. The Balaban J connectivity index is 1.45. The molecule has 1 aromatic heterocycles. The van der Waals surface area contributed by atoms with Gasteiger partial charge in [-0.25, -0.2) is 19.4 Å². The van der Waals surface area contributed by atoms with E-state index in [1.165, 1.54) is 30.6 Å². The van der Waals surface area contributed by atoms with Crippen LogP contribution in [0.25, 0.3) is 0 Å². The van der Waals surface area contributed by atoms with Crippen molar-refractivity contribution in [3.8, 4) is 5.75 Å². The number of rotatable bonds is 8. The fraction of sp³-hybridized carbons (Fsp3) is 0.367. The molecule has 0 bridgehead atoms. The molecule has 3 heterocycles. The number of alkyl halides is 3. The molecule has 2 N–H and O–H groups in total. The summed E-state index contributed by atoms with van der Waals surface area (Å²) in [5, 5.41) is 7.47. The lowest BCUT2D eigenvalue weighted by molar-refractivity contribution is -0.140. The van der Waals surface area contributed by atoms with Gasteiger partial charge in [-0.2, -0.15) is 13.2 Å². The van der Waals surface area contributed by atoms with Gasteiger partial charge in [0.05, 0.1) is 42.4 Å². The number of aromatic nitrogens is 2. The predicted octanol–water partition coefficient (Wildman–Crippen LogP) is 5.53. The number of hydrogen-bond donors (Lipinski definition) is 2. The average Bonchev–Trinajstić information content (AvgIpc) is 3.49. The molecule has 2 atom stereocenters. The highest BCUT2D eigenvalue weighted by molar-refractivity contribution is 6.02. The number of methoxy groups -OCH3 is 1. The smallest absolute Gasteiger partial charge is 0.419 e. The van der Waals surface area contributed by atoms with Crippen LogP contribution in [-0.2, 0) is 15.8 Å². The number of nitrogens with one attached hydrogen (secondary N) is 2. The first-order chi connectivity index (χ1) is 21.0. The summed E-state index contributed by atoms with van der Waals surface area (Å²) >= 11 is 0. The standard InChI is InChI=1S/C30H33F4N7O3/c1-5-29(42)38-22-13-23(26(43-4)14-25(22)40-10-9-39(3)18(2)16-40)37-27-15-28(36-17-35-27)41-24(8-11-44-41)19-6-7-21(31)20(12-19)30(32,33)34/h5-7,12-15,17-18,24H,1,8-11,16H2,2-4H3,(H,38,42)(H,35,36,37). The topological polar surface area (TPSA) is 95.1 Å². The van der Waals surface area contributed by atoms with E-state index in [-0.39, 0.29) is 23.9 Å². The first-order valence-corrected chi connectivity index (χ1v) is 14.0. The van der Waals surface area contributed by atoms with Gasteiger partial charge in [0.2, 0.25) is 5.91 Å². The van der Waals surface area contributed by atoms with Gasteiger partial charge in [-0.15, -0.1) is 0 Å².